The molecule has 104 valence electrons. The molecule has 0 saturated carbocycles. The molecular weight excluding hydrogens is 258 g/mol. The summed E-state index contributed by atoms with van der Waals surface area (Å²) in [7, 11) is 0. The van der Waals surface area contributed by atoms with Gasteiger partial charge in [-0.25, -0.2) is 0 Å². The average molecular weight is 275 g/mol. The van der Waals surface area contributed by atoms with Crippen molar-refractivity contribution < 1.29 is 4.79 Å². The van der Waals surface area contributed by atoms with Gasteiger partial charge in [0.1, 0.15) is 0 Å². The van der Waals surface area contributed by atoms with Gasteiger partial charge in [-0.3, -0.25) is 4.79 Å². The highest BCUT2D eigenvalue weighted by molar-refractivity contribution is 6.13. The lowest BCUT2D eigenvalue weighted by molar-refractivity contribution is 0.103. The fourth-order valence-corrected chi connectivity index (χ4v) is 2.62. The molecule has 0 atom stereocenters. The molecule has 2 heteroatoms. The molecule has 2 nitrogen and oxygen atoms in total. The maximum atomic E-state index is 12.8. The van der Waals surface area contributed by atoms with E-state index in [0.29, 0.717) is 5.56 Å². The number of carbonyl (C=O) groups excluding carboxylic acids is 1. The van der Waals surface area contributed by atoms with Crippen molar-refractivity contribution in [1.82, 2.24) is 4.98 Å². The van der Waals surface area contributed by atoms with Gasteiger partial charge in [0.15, 0.2) is 5.78 Å². The Kier molecular flexibility index (Phi) is 3.44. The number of benzene rings is 2. The zero-order valence-corrected chi connectivity index (χ0v) is 12.2. The van der Waals surface area contributed by atoms with E-state index in [9.17, 15) is 4.79 Å². The van der Waals surface area contributed by atoms with Crippen LogP contribution in [-0.2, 0) is 0 Å². The first-order valence-corrected chi connectivity index (χ1v) is 7.01. The molecule has 3 aromatic rings. The predicted molar refractivity (Wildman–Crippen MR) is 85.6 cm³/mol. The molecule has 1 N–H and O–H groups in total. The standard InChI is InChI=1S/C19H17NO/c1-13-8-9-16(14(2)10-13)19(21)18-12-20-11-17(18)15-6-4-3-5-7-15/h3-12,20H,1-2H3. The summed E-state index contributed by atoms with van der Waals surface area (Å²) in [6.07, 6.45) is 3.66. The smallest absolute Gasteiger partial charge is 0.195 e. The Morgan fingerprint density at radius 3 is 2.38 bits per heavy atom. The Hall–Kier alpha value is -2.61. The highest BCUT2D eigenvalue weighted by atomic mass is 16.1. The Morgan fingerprint density at radius 2 is 1.67 bits per heavy atom. The van der Waals surface area contributed by atoms with Crippen molar-refractivity contribution in [3.63, 3.8) is 0 Å². The van der Waals surface area contributed by atoms with Gasteiger partial charge < -0.3 is 4.98 Å². The van der Waals surface area contributed by atoms with E-state index < -0.39 is 0 Å². The third kappa shape index (κ3) is 2.52. The molecule has 3 rings (SSSR count). The number of aromatic amines is 1. The van der Waals surface area contributed by atoms with E-state index >= 15 is 0 Å². The molecule has 0 fully saturated rings. The number of H-pyrrole nitrogens is 1. The van der Waals surface area contributed by atoms with Crippen LogP contribution in [0.15, 0.2) is 60.9 Å². The van der Waals surface area contributed by atoms with Crippen molar-refractivity contribution in [3.05, 3.63) is 83.2 Å². The molecule has 0 aliphatic heterocycles. The van der Waals surface area contributed by atoms with Crippen LogP contribution < -0.4 is 0 Å². The first-order valence-electron chi connectivity index (χ1n) is 7.01. The normalized spacial score (nSPS) is 10.6. The molecule has 0 aliphatic rings. The second-order valence-electron chi connectivity index (χ2n) is 5.30. The summed E-state index contributed by atoms with van der Waals surface area (Å²) < 4.78 is 0. The molecular formula is C19H17NO. The molecule has 0 spiro atoms. The van der Waals surface area contributed by atoms with Gasteiger partial charge in [0.05, 0.1) is 0 Å². The first-order chi connectivity index (χ1) is 10.2. The SMILES string of the molecule is Cc1ccc(C(=O)c2c[nH]cc2-c2ccccc2)c(C)c1. The second kappa shape index (κ2) is 5.41. The zero-order valence-electron chi connectivity index (χ0n) is 12.2. The molecule has 0 radical (unpaired) electrons. The Morgan fingerprint density at radius 1 is 0.905 bits per heavy atom. The largest absolute Gasteiger partial charge is 0.366 e. The predicted octanol–water partition coefficient (Wildman–Crippen LogP) is 4.53. The van der Waals surface area contributed by atoms with Crippen LogP contribution in [0.2, 0.25) is 0 Å². The summed E-state index contributed by atoms with van der Waals surface area (Å²) >= 11 is 0. The summed E-state index contributed by atoms with van der Waals surface area (Å²) in [6.45, 7) is 4.02. The molecule has 2 aromatic carbocycles. The van der Waals surface area contributed by atoms with Crippen molar-refractivity contribution in [1.29, 1.82) is 0 Å². The molecule has 21 heavy (non-hydrogen) atoms. The van der Waals surface area contributed by atoms with Gasteiger partial charge in [-0.2, -0.15) is 0 Å². The monoisotopic (exact) mass is 275 g/mol. The number of hydrogen-bond acceptors (Lipinski definition) is 1. The van der Waals surface area contributed by atoms with Gasteiger partial charge in [-0.05, 0) is 25.0 Å². The van der Waals surface area contributed by atoms with Gasteiger partial charge in [0.2, 0.25) is 0 Å². The molecule has 0 aliphatic carbocycles. The van der Waals surface area contributed by atoms with Gasteiger partial charge >= 0.3 is 0 Å². The van der Waals surface area contributed by atoms with Crippen molar-refractivity contribution >= 4 is 5.78 Å². The van der Waals surface area contributed by atoms with E-state index in [4.69, 9.17) is 0 Å². The molecule has 0 saturated heterocycles. The van der Waals surface area contributed by atoms with Crippen molar-refractivity contribution in [2.24, 2.45) is 0 Å². The van der Waals surface area contributed by atoms with E-state index in [2.05, 4.69) is 4.98 Å². The van der Waals surface area contributed by atoms with Crippen LogP contribution in [-0.4, -0.2) is 10.8 Å². The minimum atomic E-state index is 0.0626. The third-order valence-corrected chi connectivity index (χ3v) is 3.70. The van der Waals surface area contributed by atoms with Gasteiger partial charge in [-0.15, -0.1) is 0 Å². The van der Waals surface area contributed by atoms with Crippen LogP contribution in [0.4, 0.5) is 0 Å². The molecule has 0 unspecified atom stereocenters. The van der Waals surface area contributed by atoms with Crippen molar-refractivity contribution in [2.75, 3.05) is 0 Å². The van der Waals surface area contributed by atoms with Crippen molar-refractivity contribution in [2.45, 2.75) is 13.8 Å². The lowest BCUT2D eigenvalue weighted by Gasteiger charge is -2.07. The first kappa shape index (κ1) is 13.4. The fraction of sp³-hybridized carbons (Fsp3) is 0.105. The summed E-state index contributed by atoms with van der Waals surface area (Å²) in [5.74, 6) is 0.0626. The third-order valence-electron chi connectivity index (χ3n) is 3.70. The number of carbonyl (C=O) groups is 1. The Bertz CT molecular complexity index is 784. The summed E-state index contributed by atoms with van der Waals surface area (Å²) in [4.78, 5) is 15.9. The summed E-state index contributed by atoms with van der Waals surface area (Å²) in [5.41, 5.74) is 5.65. The number of aryl methyl sites for hydroxylation is 2. The molecule has 1 aromatic heterocycles. The van der Waals surface area contributed by atoms with Crippen LogP contribution in [0.1, 0.15) is 27.0 Å². The Labute approximate surface area is 124 Å². The second-order valence-corrected chi connectivity index (χ2v) is 5.30. The lowest BCUT2D eigenvalue weighted by Crippen LogP contribution is -2.04. The van der Waals surface area contributed by atoms with Crippen LogP contribution in [0, 0.1) is 13.8 Å². The van der Waals surface area contributed by atoms with Crippen LogP contribution in [0.3, 0.4) is 0 Å². The summed E-state index contributed by atoms with van der Waals surface area (Å²) in [5, 5.41) is 0. The molecule has 0 bridgehead atoms. The number of hydrogen-bond donors (Lipinski definition) is 1. The average Bonchev–Trinajstić information content (AvgIpc) is 2.97. The van der Waals surface area contributed by atoms with Crippen molar-refractivity contribution in [3.8, 4) is 11.1 Å². The lowest BCUT2D eigenvalue weighted by atomic mass is 9.95. The highest BCUT2D eigenvalue weighted by Crippen LogP contribution is 2.26. The minimum Gasteiger partial charge on any atom is -0.366 e. The number of nitrogens with one attached hydrogen (secondary N) is 1. The van der Waals surface area contributed by atoms with Gasteiger partial charge in [0.25, 0.3) is 0 Å². The maximum absolute atomic E-state index is 12.8. The van der Waals surface area contributed by atoms with E-state index in [1.165, 1.54) is 5.56 Å². The zero-order chi connectivity index (χ0) is 14.8. The topological polar surface area (TPSA) is 32.9 Å². The quantitative estimate of drug-likeness (QED) is 0.700. The van der Waals surface area contributed by atoms with Crippen LogP contribution in [0.25, 0.3) is 11.1 Å². The van der Waals surface area contributed by atoms with E-state index in [0.717, 1.165) is 22.3 Å². The maximum Gasteiger partial charge on any atom is 0.195 e. The number of ketones is 1. The van der Waals surface area contributed by atoms with Gasteiger partial charge in [0, 0.05) is 29.1 Å². The van der Waals surface area contributed by atoms with Crippen LogP contribution >= 0.6 is 0 Å². The summed E-state index contributed by atoms with van der Waals surface area (Å²) in [6, 6.07) is 15.9. The minimum absolute atomic E-state index is 0.0626. The van der Waals surface area contributed by atoms with E-state index in [-0.39, 0.29) is 5.78 Å². The van der Waals surface area contributed by atoms with E-state index in [1.54, 1.807) is 6.20 Å². The van der Waals surface area contributed by atoms with Crippen LogP contribution in [0.5, 0.6) is 0 Å². The van der Waals surface area contributed by atoms with E-state index in [1.807, 2.05) is 68.6 Å². The Balaban J connectivity index is 2.06. The number of aromatic nitrogens is 1. The molecule has 0 amide bonds. The molecule has 1 heterocycles. The number of rotatable bonds is 3. The highest BCUT2D eigenvalue weighted by Gasteiger charge is 2.17. The van der Waals surface area contributed by atoms with Gasteiger partial charge in [-0.1, -0.05) is 54.1 Å². The fourth-order valence-electron chi connectivity index (χ4n) is 2.62.